The highest BCUT2D eigenvalue weighted by atomic mass is 16.6. The van der Waals surface area contributed by atoms with Crippen LogP contribution in [0.3, 0.4) is 0 Å². The van der Waals surface area contributed by atoms with Gasteiger partial charge in [-0.15, -0.1) is 0 Å². The molecule has 0 bridgehead atoms. The predicted molar refractivity (Wildman–Crippen MR) is 91.1 cm³/mol. The van der Waals surface area contributed by atoms with Crippen molar-refractivity contribution >= 4 is 6.09 Å². The minimum atomic E-state index is -0.491. The molecule has 1 aromatic rings. The number of hydrogen-bond acceptors (Lipinski definition) is 3. The molecule has 0 radical (unpaired) electrons. The number of benzene rings is 1. The first-order valence-corrected chi connectivity index (χ1v) is 7.79. The third-order valence-corrected chi connectivity index (χ3v) is 3.20. The molecule has 1 rings (SSSR count). The molecule has 1 unspecified atom stereocenters. The first-order valence-electron chi connectivity index (χ1n) is 7.79. The van der Waals surface area contributed by atoms with Crippen molar-refractivity contribution in [1.29, 1.82) is 0 Å². The van der Waals surface area contributed by atoms with E-state index in [1.54, 1.807) is 0 Å². The lowest BCUT2D eigenvalue weighted by molar-refractivity contribution is 0.0524. The number of amides is 1. The van der Waals surface area contributed by atoms with Crippen molar-refractivity contribution in [1.82, 2.24) is 5.32 Å². The highest BCUT2D eigenvalue weighted by Gasteiger charge is 2.17. The van der Waals surface area contributed by atoms with E-state index in [4.69, 9.17) is 10.5 Å². The fraction of sp³-hybridized carbons (Fsp3) is 0.611. The van der Waals surface area contributed by atoms with Crippen molar-refractivity contribution in [3.05, 3.63) is 35.4 Å². The number of carbonyl (C=O) groups excluding carboxylic acids is 1. The van der Waals surface area contributed by atoms with E-state index in [2.05, 4.69) is 50.4 Å². The third kappa shape index (κ3) is 6.94. The van der Waals surface area contributed by atoms with Gasteiger partial charge in [-0.1, -0.05) is 45.0 Å². The van der Waals surface area contributed by atoms with Gasteiger partial charge in [-0.05, 0) is 43.7 Å². The summed E-state index contributed by atoms with van der Waals surface area (Å²) in [5.41, 5.74) is 8.21. The highest BCUT2D eigenvalue weighted by Crippen LogP contribution is 2.23. The summed E-state index contributed by atoms with van der Waals surface area (Å²) in [4.78, 5) is 11.6. The Hall–Kier alpha value is -1.55. The molecule has 0 heterocycles. The topological polar surface area (TPSA) is 64.3 Å². The first kappa shape index (κ1) is 18.5. The van der Waals surface area contributed by atoms with Crippen LogP contribution in [-0.2, 0) is 16.6 Å². The smallest absolute Gasteiger partial charge is 0.407 e. The van der Waals surface area contributed by atoms with Crippen LogP contribution in [0.25, 0.3) is 0 Å². The van der Waals surface area contributed by atoms with Crippen molar-refractivity contribution in [3.8, 4) is 0 Å². The zero-order chi connectivity index (χ0) is 17.0. The highest BCUT2D eigenvalue weighted by molar-refractivity contribution is 5.67. The molecule has 4 heteroatoms. The first-order chi connectivity index (χ1) is 9.97. The second-order valence-corrected chi connectivity index (χ2v) is 7.80. The van der Waals surface area contributed by atoms with Gasteiger partial charge in [0.15, 0.2) is 0 Å². The molecule has 4 nitrogen and oxygen atoms in total. The molecular weight excluding hydrogens is 276 g/mol. The number of nitrogens with one attached hydrogen (secondary N) is 1. The zero-order valence-corrected chi connectivity index (χ0v) is 14.7. The predicted octanol–water partition coefficient (Wildman–Crippen LogP) is 3.38. The van der Waals surface area contributed by atoms with E-state index in [-0.39, 0.29) is 11.5 Å². The average Bonchev–Trinajstić information content (AvgIpc) is 2.34. The number of hydrogen-bond donors (Lipinski definition) is 2. The molecule has 1 atom stereocenters. The molecule has 3 N–H and O–H groups in total. The van der Waals surface area contributed by atoms with Gasteiger partial charge in [0.05, 0.1) is 0 Å². The Balaban J connectivity index is 2.52. The van der Waals surface area contributed by atoms with Gasteiger partial charge in [0.2, 0.25) is 0 Å². The Labute approximate surface area is 134 Å². The van der Waals surface area contributed by atoms with E-state index in [9.17, 15) is 4.79 Å². The van der Waals surface area contributed by atoms with Gasteiger partial charge < -0.3 is 15.8 Å². The summed E-state index contributed by atoms with van der Waals surface area (Å²) >= 11 is 0. The summed E-state index contributed by atoms with van der Waals surface area (Å²) in [5, 5.41) is 2.72. The summed E-state index contributed by atoms with van der Waals surface area (Å²) in [5.74, 6) is 0. The van der Waals surface area contributed by atoms with Gasteiger partial charge in [-0.2, -0.15) is 0 Å². The number of ether oxygens (including phenoxy) is 1. The lowest BCUT2D eigenvalue weighted by atomic mass is 9.85. The molecule has 0 aliphatic rings. The Kier molecular flexibility index (Phi) is 6.00. The molecule has 0 aromatic heterocycles. The van der Waals surface area contributed by atoms with Crippen LogP contribution >= 0.6 is 0 Å². The second kappa shape index (κ2) is 7.14. The van der Waals surface area contributed by atoms with Crippen LogP contribution in [0.4, 0.5) is 4.79 Å². The van der Waals surface area contributed by atoms with Crippen LogP contribution in [-0.4, -0.2) is 24.3 Å². The van der Waals surface area contributed by atoms with E-state index in [1.165, 1.54) is 11.1 Å². The molecule has 0 aliphatic carbocycles. The normalized spacial score (nSPS) is 13.6. The van der Waals surface area contributed by atoms with Gasteiger partial charge in [-0.3, -0.25) is 0 Å². The van der Waals surface area contributed by atoms with Gasteiger partial charge in [0.25, 0.3) is 0 Å². The van der Waals surface area contributed by atoms with Crippen molar-refractivity contribution < 1.29 is 9.53 Å². The van der Waals surface area contributed by atoms with E-state index in [0.29, 0.717) is 6.54 Å². The Bertz CT molecular complexity index is 499. The minimum Gasteiger partial charge on any atom is -0.444 e. The third-order valence-electron chi connectivity index (χ3n) is 3.20. The monoisotopic (exact) mass is 306 g/mol. The number of carbonyl (C=O) groups is 1. The van der Waals surface area contributed by atoms with Crippen LogP contribution < -0.4 is 11.1 Å². The minimum absolute atomic E-state index is 0.120. The van der Waals surface area contributed by atoms with Gasteiger partial charge in [0.1, 0.15) is 5.60 Å². The molecule has 0 saturated heterocycles. The molecule has 0 aliphatic heterocycles. The van der Waals surface area contributed by atoms with Gasteiger partial charge in [-0.25, -0.2) is 4.79 Å². The Morgan fingerprint density at radius 3 is 2.41 bits per heavy atom. The fourth-order valence-electron chi connectivity index (χ4n) is 2.07. The summed E-state index contributed by atoms with van der Waals surface area (Å²) < 4.78 is 5.20. The average molecular weight is 306 g/mol. The SMILES string of the molecule is CC(C)(C)OC(=O)NCC(N)Cc1cccc(C(C)(C)C)c1. The van der Waals surface area contributed by atoms with Crippen molar-refractivity contribution in [2.75, 3.05) is 6.54 Å². The molecule has 1 amide bonds. The number of nitrogens with two attached hydrogens (primary N) is 1. The van der Waals surface area contributed by atoms with E-state index < -0.39 is 11.7 Å². The maximum Gasteiger partial charge on any atom is 0.407 e. The van der Waals surface area contributed by atoms with Gasteiger partial charge >= 0.3 is 6.09 Å². The van der Waals surface area contributed by atoms with E-state index in [0.717, 1.165) is 6.42 Å². The number of alkyl carbamates (subject to hydrolysis) is 1. The molecule has 22 heavy (non-hydrogen) atoms. The molecule has 1 aromatic carbocycles. The largest absolute Gasteiger partial charge is 0.444 e. The summed E-state index contributed by atoms with van der Waals surface area (Å²) in [6, 6.07) is 8.32. The van der Waals surface area contributed by atoms with Crippen LogP contribution in [0.2, 0.25) is 0 Å². The zero-order valence-electron chi connectivity index (χ0n) is 14.7. The van der Waals surface area contributed by atoms with Crippen LogP contribution in [0.5, 0.6) is 0 Å². The summed E-state index contributed by atoms with van der Waals surface area (Å²) in [7, 11) is 0. The fourth-order valence-corrected chi connectivity index (χ4v) is 2.07. The van der Waals surface area contributed by atoms with Crippen molar-refractivity contribution in [2.45, 2.75) is 65.0 Å². The standard InChI is InChI=1S/C18H30N2O2/c1-17(2,3)14-9-7-8-13(10-14)11-15(19)12-20-16(21)22-18(4,5)6/h7-10,15H,11-12,19H2,1-6H3,(H,20,21). The Morgan fingerprint density at radius 2 is 1.86 bits per heavy atom. The lowest BCUT2D eigenvalue weighted by Crippen LogP contribution is -2.41. The quantitative estimate of drug-likeness (QED) is 0.896. The summed E-state index contributed by atoms with van der Waals surface area (Å²) in [6.45, 7) is 12.5. The Morgan fingerprint density at radius 1 is 1.23 bits per heavy atom. The number of rotatable bonds is 4. The van der Waals surface area contributed by atoms with Gasteiger partial charge in [0, 0.05) is 12.6 Å². The van der Waals surface area contributed by atoms with Crippen LogP contribution in [0, 0.1) is 0 Å². The lowest BCUT2D eigenvalue weighted by Gasteiger charge is -2.22. The molecular formula is C18H30N2O2. The molecule has 0 saturated carbocycles. The van der Waals surface area contributed by atoms with Crippen molar-refractivity contribution in [3.63, 3.8) is 0 Å². The van der Waals surface area contributed by atoms with Crippen molar-refractivity contribution in [2.24, 2.45) is 5.73 Å². The van der Waals surface area contributed by atoms with Crippen LogP contribution in [0.15, 0.2) is 24.3 Å². The molecule has 0 spiro atoms. The molecule has 124 valence electrons. The summed E-state index contributed by atoms with van der Waals surface area (Å²) in [6.07, 6.45) is 0.297. The second-order valence-electron chi connectivity index (χ2n) is 7.80. The maximum atomic E-state index is 11.6. The van der Waals surface area contributed by atoms with E-state index >= 15 is 0 Å². The molecule has 0 fully saturated rings. The maximum absolute atomic E-state index is 11.6. The van der Waals surface area contributed by atoms with E-state index in [1.807, 2.05) is 20.8 Å². The van der Waals surface area contributed by atoms with Crippen LogP contribution in [0.1, 0.15) is 52.7 Å².